The Morgan fingerprint density at radius 1 is 1.15 bits per heavy atom. The van der Waals surface area contributed by atoms with Crippen LogP contribution < -0.4 is 11.1 Å². The zero-order chi connectivity index (χ0) is 28.7. The number of nitrogens with zero attached hydrogens (tertiary/aromatic N) is 5. The number of nitrogens with one attached hydrogen (secondary N) is 1. The fourth-order valence-corrected chi connectivity index (χ4v) is 6.44. The molecule has 4 aromatic rings. The number of hydrogen-bond acceptors (Lipinski definition) is 8. The van der Waals surface area contributed by atoms with E-state index in [1.807, 2.05) is 6.07 Å². The molecule has 1 aromatic carbocycles. The summed E-state index contributed by atoms with van der Waals surface area (Å²) in [6.45, 7) is 2.91. The average Bonchev–Trinajstić information content (AvgIpc) is 3.37. The van der Waals surface area contributed by atoms with Crippen molar-refractivity contribution in [3.05, 3.63) is 71.7 Å². The van der Waals surface area contributed by atoms with Gasteiger partial charge in [0.05, 0.1) is 46.3 Å². The predicted molar refractivity (Wildman–Crippen MR) is 155 cm³/mol. The van der Waals surface area contributed by atoms with Gasteiger partial charge in [-0.2, -0.15) is 27.5 Å². The molecule has 6 rings (SSSR count). The normalized spacial score (nSPS) is 24.2. The first-order valence-corrected chi connectivity index (χ1v) is 14.3. The van der Waals surface area contributed by atoms with Crippen LogP contribution in [0.3, 0.4) is 0 Å². The maximum atomic E-state index is 15.5. The molecular weight excluding hydrogens is 544 g/mol. The number of imidazole rings is 1. The van der Waals surface area contributed by atoms with E-state index in [1.165, 1.54) is 16.6 Å². The Hall–Kier alpha value is -3.59. The van der Waals surface area contributed by atoms with Crippen LogP contribution >= 0.6 is 12.6 Å². The molecule has 4 unspecified atom stereocenters. The van der Waals surface area contributed by atoms with Crippen LogP contribution in [0, 0.1) is 28.9 Å². The summed E-state index contributed by atoms with van der Waals surface area (Å²) < 4.78 is 37.9. The molecule has 41 heavy (non-hydrogen) atoms. The quantitative estimate of drug-likeness (QED) is 0.268. The topological polar surface area (TPSA) is 114 Å². The number of hydrogen-bond donors (Lipinski definition) is 3. The number of pyridine rings is 1. The predicted octanol–water partition coefficient (Wildman–Crippen LogP) is 5.52. The Morgan fingerprint density at radius 2 is 1.90 bits per heavy atom. The van der Waals surface area contributed by atoms with Crippen molar-refractivity contribution < 1.29 is 13.5 Å². The van der Waals surface area contributed by atoms with Gasteiger partial charge < -0.3 is 15.8 Å². The number of nitrogens with two attached hydrogens (primary N) is 1. The van der Waals surface area contributed by atoms with Gasteiger partial charge in [0.2, 0.25) is 5.95 Å². The summed E-state index contributed by atoms with van der Waals surface area (Å²) in [5.41, 5.74) is 8.08. The third-order valence-corrected chi connectivity index (χ3v) is 9.46. The molecule has 0 bridgehead atoms. The number of aromatic nitrogens is 4. The number of fused-ring (bicyclic) bond motifs is 1. The van der Waals surface area contributed by atoms with Crippen molar-refractivity contribution in [2.75, 3.05) is 18.5 Å². The van der Waals surface area contributed by atoms with Crippen LogP contribution in [0.15, 0.2) is 48.9 Å². The SMILES string of the molecule is CC1CC(c2ccncc2Nc2ncc3ccc(-c4c(F)cc(C5(C#N)CCOCC5)cc4F)nn23)CC(N)C1S. The Balaban J connectivity index is 1.34. The van der Waals surface area contributed by atoms with Crippen molar-refractivity contribution in [3.63, 3.8) is 0 Å². The fraction of sp³-hybridized carbons (Fsp3) is 0.400. The number of thiol groups is 1. The van der Waals surface area contributed by atoms with Crippen molar-refractivity contribution in [1.29, 1.82) is 5.26 Å². The highest BCUT2D eigenvalue weighted by molar-refractivity contribution is 7.81. The Labute approximate surface area is 242 Å². The second-order valence-corrected chi connectivity index (χ2v) is 11.7. The molecule has 2 aliphatic rings. The minimum absolute atomic E-state index is 0.0183. The van der Waals surface area contributed by atoms with Crippen molar-refractivity contribution in [1.82, 2.24) is 19.6 Å². The van der Waals surface area contributed by atoms with Gasteiger partial charge in [-0.3, -0.25) is 4.98 Å². The molecule has 3 aromatic heterocycles. The van der Waals surface area contributed by atoms with E-state index in [-0.39, 0.29) is 28.5 Å². The van der Waals surface area contributed by atoms with Gasteiger partial charge in [0.15, 0.2) is 0 Å². The van der Waals surface area contributed by atoms with E-state index in [1.54, 1.807) is 30.7 Å². The smallest absolute Gasteiger partial charge is 0.229 e. The summed E-state index contributed by atoms with van der Waals surface area (Å²) in [4.78, 5) is 8.79. The van der Waals surface area contributed by atoms with Gasteiger partial charge >= 0.3 is 0 Å². The summed E-state index contributed by atoms with van der Waals surface area (Å²) in [5.74, 6) is -0.586. The van der Waals surface area contributed by atoms with Gasteiger partial charge in [-0.05, 0) is 79.0 Å². The second kappa shape index (κ2) is 11.0. The molecule has 2 fully saturated rings. The van der Waals surface area contributed by atoms with Crippen LogP contribution in [0.25, 0.3) is 16.8 Å². The van der Waals surface area contributed by atoms with Crippen molar-refractivity contribution in [2.24, 2.45) is 11.7 Å². The number of nitriles is 1. The number of halogens is 2. The molecule has 1 saturated carbocycles. The molecule has 0 spiro atoms. The first-order chi connectivity index (χ1) is 19.8. The highest BCUT2D eigenvalue weighted by Gasteiger charge is 2.36. The van der Waals surface area contributed by atoms with Crippen molar-refractivity contribution in [2.45, 2.75) is 55.2 Å². The largest absolute Gasteiger partial charge is 0.381 e. The van der Waals surface area contributed by atoms with E-state index in [2.05, 4.69) is 33.4 Å². The van der Waals surface area contributed by atoms with Gasteiger partial charge in [0.25, 0.3) is 0 Å². The minimum atomic E-state index is -0.980. The lowest BCUT2D eigenvalue weighted by atomic mass is 9.75. The van der Waals surface area contributed by atoms with E-state index in [0.717, 1.165) is 24.1 Å². The average molecular weight is 576 g/mol. The fourth-order valence-electron chi connectivity index (χ4n) is 6.20. The Bertz CT molecular complexity index is 1600. The molecule has 1 aliphatic carbocycles. The number of ether oxygens (including phenoxy) is 1. The Kier molecular flexibility index (Phi) is 7.40. The number of benzene rings is 1. The molecule has 1 aliphatic heterocycles. The van der Waals surface area contributed by atoms with E-state index in [0.29, 0.717) is 49.0 Å². The van der Waals surface area contributed by atoms with Gasteiger partial charge in [0, 0.05) is 30.7 Å². The zero-order valence-electron chi connectivity index (χ0n) is 22.6. The van der Waals surface area contributed by atoms with Crippen LogP contribution in [0.4, 0.5) is 20.4 Å². The van der Waals surface area contributed by atoms with E-state index in [9.17, 15) is 5.26 Å². The molecule has 0 radical (unpaired) electrons. The second-order valence-electron chi connectivity index (χ2n) is 11.1. The highest BCUT2D eigenvalue weighted by Crippen LogP contribution is 2.41. The molecule has 1 saturated heterocycles. The molecule has 4 heterocycles. The molecule has 212 valence electrons. The van der Waals surface area contributed by atoms with Crippen molar-refractivity contribution >= 4 is 29.8 Å². The summed E-state index contributed by atoms with van der Waals surface area (Å²) in [6.07, 6.45) is 7.64. The lowest BCUT2D eigenvalue weighted by Crippen LogP contribution is -2.41. The summed E-state index contributed by atoms with van der Waals surface area (Å²) in [7, 11) is 0. The van der Waals surface area contributed by atoms with Crippen LogP contribution in [-0.2, 0) is 10.2 Å². The van der Waals surface area contributed by atoms with Crippen LogP contribution in [0.1, 0.15) is 49.7 Å². The summed E-state index contributed by atoms with van der Waals surface area (Å²) in [5, 5.41) is 17.9. The van der Waals surface area contributed by atoms with Gasteiger partial charge in [-0.1, -0.05) is 6.92 Å². The summed E-state index contributed by atoms with van der Waals surface area (Å²) >= 11 is 4.69. The minimum Gasteiger partial charge on any atom is -0.381 e. The van der Waals surface area contributed by atoms with E-state index in [4.69, 9.17) is 23.1 Å². The zero-order valence-corrected chi connectivity index (χ0v) is 23.5. The Morgan fingerprint density at radius 3 is 2.61 bits per heavy atom. The van der Waals surface area contributed by atoms with E-state index >= 15 is 8.78 Å². The maximum Gasteiger partial charge on any atom is 0.229 e. The highest BCUT2D eigenvalue weighted by atomic mass is 32.1. The molecule has 4 atom stereocenters. The lowest BCUT2D eigenvalue weighted by Gasteiger charge is -2.37. The molecule has 0 amide bonds. The van der Waals surface area contributed by atoms with Crippen molar-refractivity contribution in [3.8, 4) is 17.3 Å². The first kappa shape index (κ1) is 27.6. The van der Waals surface area contributed by atoms with Crippen LogP contribution in [0.5, 0.6) is 0 Å². The molecular formula is C30H31F2N7OS. The van der Waals surface area contributed by atoms with Gasteiger partial charge in [-0.25, -0.2) is 13.8 Å². The van der Waals surface area contributed by atoms with Crippen LogP contribution in [-0.4, -0.2) is 44.1 Å². The van der Waals surface area contributed by atoms with Crippen LogP contribution in [0.2, 0.25) is 0 Å². The number of rotatable bonds is 5. The maximum absolute atomic E-state index is 15.5. The van der Waals surface area contributed by atoms with E-state index < -0.39 is 17.0 Å². The monoisotopic (exact) mass is 575 g/mol. The van der Waals surface area contributed by atoms with Gasteiger partial charge in [0.1, 0.15) is 11.6 Å². The summed E-state index contributed by atoms with van der Waals surface area (Å²) in [6, 6.07) is 10.0. The molecule has 3 N–H and O–H groups in total. The molecule has 11 heteroatoms. The standard InChI is InChI=1S/C30H31F2N7OS/c1-17-10-18(11-24(34)28(17)41)21-4-7-35-15-26(21)37-29-36-14-20-2-3-25(38-39(20)29)27-22(31)12-19(13-23(27)32)30(16-33)5-8-40-9-6-30/h2-4,7,12-15,17-18,24,28,41H,5-6,8-11,34H2,1H3,(H,36,37). The third-order valence-electron chi connectivity index (χ3n) is 8.57. The molecule has 8 nitrogen and oxygen atoms in total. The first-order valence-electron chi connectivity index (χ1n) is 13.8. The lowest BCUT2D eigenvalue weighted by molar-refractivity contribution is 0.0674. The van der Waals surface area contributed by atoms with Gasteiger partial charge in [-0.15, -0.1) is 0 Å². The number of anilines is 2. The third kappa shape index (κ3) is 5.05.